The summed E-state index contributed by atoms with van der Waals surface area (Å²) >= 11 is 11.9. The van der Waals surface area contributed by atoms with E-state index < -0.39 is 0 Å². The van der Waals surface area contributed by atoms with Crippen LogP contribution in [0.5, 0.6) is 0 Å². The molecule has 0 aliphatic rings. The molecule has 1 rings (SSSR count). The molecule has 0 aromatic heterocycles. The maximum Gasteiger partial charge on any atom is 0.200 e. The molecule has 0 saturated carbocycles. The lowest BCUT2D eigenvalue weighted by atomic mass is 10.3. The second-order valence-electron chi connectivity index (χ2n) is 3.80. The largest absolute Gasteiger partial charge is 0.349 e. The zero-order chi connectivity index (χ0) is 12.3. The van der Waals surface area contributed by atoms with E-state index in [4.69, 9.17) is 23.2 Å². The number of halogens is 2. The third kappa shape index (κ3) is 3.29. The van der Waals surface area contributed by atoms with Crippen molar-refractivity contribution in [3.05, 3.63) is 28.2 Å². The van der Waals surface area contributed by atoms with Gasteiger partial charge in [0.2, 0.25) is 5.96 Å². The predicted molar refractivity (Wildman–Crippen MR) is 70.9 cm³/mol. The molecule has 0 amide bonds. The van der Waals surface area contributed by atoms with Crippen LogP contribution < -0.4 is 0 Å². The van der Waals surface area contributed by atoms with E-state index >= 15 is 0 Å². The highest BCUT2D eigenvalue weighted by Gasteiger charge is 2.06. The first kappa shape index (κ1) is 13.1. The molecule has 0 atom stereocenters. The van der Waals surface area contributed by atoms with Crippen molar-refractivity contribution < 1.29 is 0 Å². The monoisotopic (exact) mass is 259 g/mol. The van der Waals surface area contributed by atoms with Crippen molar-refractivity contribution in [2.45, 2.75) is 0 Å². The fraction of sp³-hybridized carbons (Fsp3) is 0.364. The highest BCUT2D eigenvalue weighted by Crippen LogP contribution is 2.28. The van der Waals surface area contributed by atoms with Crippen molar-refractivity contribution in [1.82, 2.24) is 9.80 Å². The van der Waals surface area contributed by atoms with Gasteiger partial charge in [-0.25, -0.2) is 4.99 Å². The van der Waals surface area contributed by atoms with Crippen molar-refractivity contribution in [2.75, 3.05) is 28.2 Å². The van der Waals surface area contributed by atoms with E-state index in [0.29, 0.717) is 15.7 Å². The number of rotatable bonds is 1. The van der Waals surface area contributed by atoms with Gasteiger partial charge in [-0.05, 0) is 18.2 Å². The van der Waals surface area contributed by atoms with E-state index in [9.17, 15) is 0 Å². The Morgan fingerprint density at radius 1 is 1.06 bits per heavy atom. The number of hydrogen-bond acceptors (Lipinski definition) is 1. The Balaban J connectivity index is 3.13. The van der Waals surface area contributed by atoms with Crippen LogP contribution >= 0.6 is 23.2 Å². The molecular weight excluding hydrogens is 245 g/mol. The number of guanidine groups is 1. The van der Waals surface area contributed by atoms with E-state index in [-0.39, 0.29) is 0 Å². The highest BCUT2D eigenvalue weighted by molar-refractivity contribution is 6.36. The van der Waals surface area contributed by atoms with Gasteiger partial charge in [-0.3, -0.25) is 0 Å². The number of hydrogen-bond donors (Lipinski definition) is 0. The van der Waals surface area contributed by atoms with E-state index in [1.807, 2.05) is 38.0 Å². The Morgan fingerprint density at radius 2 is 1.62 bits per heavy atom. The lowest BCUT2D eigenvalue weighted by molar-refractivity contribution is 0.484. The molecule has 0 aliphatic carbocycles. The number of nitrogens with zero attached hydrogens (tertiary/aromatic N) is 3. The molecule has 0 saturated heterocycles. The molecule has 16 heavy (non-hydrogen) atoms. The standard InChI is InChI=1S/C11H15Cl2N3/c1-15(2)11(16(3)4)14-10-6-5-8(12)7-9(10)13/h5-7H,1-4H3. The first-order valence-electron chi connectivity index (χ1n) is 4.80. The van der Waals surface area contributed by atoms with Gasteiger partial charge in [0.25, 0.3) is 0 Å². The first-order valence-corrected chi connectivity index (χ1v) is 5.56. The van der Waals surface area contributed by atoms with Crippen LogP contribution in [0.2, 0.25) is 10.0 Å². The van der Waals surface area contributed by atoms with Gasteiger partial charge in [-0.1, -0.05) is 23.2 Å². The lowest BCUT2D eigenvalue weighted by Crippen LogP contribution is -2.35. The van der Waals surface area contributed by atoms with E-state index in [1.54, 1.807) is 18.2 Å². The fourth-order valence-corrected chi connectivity index (χ4v) is 1.73. The summed E-state index contributed by atoms with van der Waals surface area (Å²) in [5.74, 6) is 0.823. The third-order valence-electron chi connectivity index (χ3n) is 1.93. The summed E-state index contributed by atoms with van der Waals surface area (Å²) in [5, 5.41) is 1.16. The molecule has 1 aromatic carbocycles. The van der Waals surface area contributed by atoms with Crippen LogP contribution in [-0.4, -0.2) is 44.0 Å². The average Bonchev–Trinajstić information content (AvgIpc) is 2.15. The summed E-state index contributed by atoms with van der Waals surface area (Å²) < 4.78 is 0. The van der Waals surface area contributed by atoms with Crippen LogP contribution in [0, 0.1) is 0 Å². The molecular formula is C11H15Cl2N3. The van der Waals surface area contributed by atoms with E-state index in [2.05, 4.69) is 4.99 Å². The molecule has 0 N–H and O–H groups in total. The molecule has 1 aromatic rings. The van der Waals surface area contributed by atoms with Crippen molar-refractivity contribution in [3.8, 4) is 0 Å². The third-order valence-corrected chi connectivity index (χ3v) is 2.47. The molecule has 3 nitrogen and oxygen atoms in total. The summed E-state index contributed by atoms with van der Waals surface area (Å²) in [6, 6.07) is 5.26. The molecule has 0 spiro atoms. The maximum atomic E-state index is 6.05. The summed E-state index contributed by atoms with van der Waals surface area (Å²) in [4.78, 5) is 8.32. The number of benzene rings is 1. The number of aliphatic imine (C=N–C) groups is 1. The van der Waals surface area contributed by atoms with Crippen molar-refractivity contribution in [2.24, 2.45) is 4.99 Å². The summed E-state index contributed by atoms with van der Waals surface area (Å²) in [6.07, 6.45) is 0. The summed E-state index contributed by atoms with van der Waals surface area (Å²) in [6.45, 7) is 0. The Labute approximate surface area is 106 Å². The van der Waals surface area contributed by atoms with E-state index in [0.717, 1.165) is 5.96 Å². The van der Waals surface area contributed by atoms with Gasteiger partial charge < -0.3 is 9.80 Å². The Bertz CT molecular complexity index is 390. The molecule has 0 fully saturated rings. The minimum absolute atomic E-state index is 0.550. The Hall–Kier alpha value is -0.930. The first-order chi connectivity index (χ1) is 7.41. The molecule has 88 valence electrons. The van der Waals surface area contributed by atoms with Crippen molar-refractivity contribution >= 4 is 34.8 Å². The fourth-order valence-electron chi connectivity index (χ4n) is 1.28. The molecule has 0 aliphatic heterocycles. The zero-order valence-electron chi connectivity index (χ0n) is 9.83. The Morgan fingerprint density at radius 3 is 2.06 bits per heavy atom. The molecule has 0 unspecified atom stereocenters. The van der Waals surface area contributed by atoms with Gasteiger partial charge in [-0.15, -0.1) is 0 Å². The second-order valence-corrected chi connectivity index (χ2v) is 4.64. The summed E-state index contributed by atoms with van der Waals surface area (Å²) in [7, 11) is 7.73. The topological polar surface area (TPSA) is 18.8 Å². The normalized spacial score (nSPS) is 9.88. The van der Waals surface area contributed by atoms with Crippen LogP contribution in [0.1, 0.15) is 0 Å². The zero-order valence-corrected chi connectivity index (χ0v) is 11.3. The predicted octanol–water partition coefficient (Wildman–Crippen LogP) is 3.10. The van der Waals surface area contributed by atoms with Crippen molar-refractivity contribution in [1.29, 1.82) is 0 Å². The van der Waals surface area contributed by atoms with Gasteiger partial charge in [0.05, 0.1) is 10.7 Å². The van der Waals surface area contributed by atoms with Crippen LogP contribution in [-0.2, 0) is 0 Å². The molecule has 0 bridgehead atoms. The Kier molecular flexibility index (Phi) is 4.44. The molecule has 0 heterocycles. The van der Waals surface area contributed by atoms with Crippen LogP contribution in [0.4, 0.5) is 5.69 Å². The summed E-state index contributed by atoms with van der Waals surface area (Å²) in [5.41, 5.74) is 0.712. The van der Waals surface area contributed by atoms with Gasteiger partial charge in [0.15, 0.2) is 0 Å². The lowest BCUT2D eigenvalue weighted by Gasteiger charge is -2.22. The maximum absolute atomic E-state index is 6.05. The minimum atomic E-state index is 0.550. The smallest absolute Gasteiger partial charge is 0.200 e. The molecule has 5 heteroatoms. The average molecular weight is 260 g/mol. The van der Waals surface area contributed by atoms with Crippen molar-refractivity contribution in [3.63, 3.8) is 0 Å². The molecule has 0 radical (unpaired) electrons. The van der Waals surface area contributed by atoms with Crippen LogP contribution in [0.3, 0.4) is 0 Å². The minimum Gasteiger partial charge on any atom is -0.349 e. The SMILES string of the molecule is CN(C)C(=Nc1ccc(Cl)cc1Cl)N(C)C. The van der Waals surface area contributed by atoms with Crippen LogP contribution in [0.15, 0.2) is 23.2 Å². The van der Waals surface area contributed by atoms with Crippen LogP contribution in [0.25, 0.3) is 0 Å². The van der Waals surface area contributed by atoms with Gasteiger partial charge >= 0.3 is 0 Å². The van der Waals surface area contributed by atoms with Gasteiger partial charge in [-0.2, -0.15) is 0 Å². The quantitative estimate of drug-likeness (QED) is 0.570. The second kappa shape index (κ2) is 5.41. The van der Waals surface area contributed by atoms with Gasteiger partial charge in [0.1, 0.15) is 0 Å². The van der Waals surface area contributed by atoms with E-state index in [1.165, 1.54) is 0 Å². The highest BCUT2D eigenvalue weighted by atomic mass is 35.5. The van der Waals surface area contributed by atoms with Gasteiger partial charge in [0, 0.05) is 33.2 Å².